The second-order valence-corrected chi connectivity index (χ2v) is 6.07. The van der Waals surface area contributed by atoms with Crippen molar-refractivity contribution in [3.63, 3.8) is 0 Å². The van der Waals surface area contributed by atoms with Crippen molar-refractivity contribution in [2.24, 2.45) is 11.0 Å². The molecule has 0 radical (unpaired) electrons. The third-order valence-electron chi connectivity index (χ3n) is 4.22. The Bertz CT molecular complexity index is 767. The molecule has 0 aromatic heterocycles. The Morgan fingerprint density at radius 1 is 1.42 bits per heavy atom. The summed E-state index contributed by atoms with van der Waals surface area (Å²) in [6.07, 6.45) is 3.81. The molecule has 0 N–H and O–H groups in total. The number of amides is 1. The molecule has 24 heavy (non-hydrogen) atoms. The summed E-state index contributed by atoms with van der Waals surface area (Å²) in [7, 11) is 0. The highest BCUT2D eigenvalue weighted by Crippen LogP contribution is 2.21. The van der Waals surface area contributed by atoms with Gasteiger partial charge in [-0.3, -0.25) is 4.79 Å². The van der Waals surface area contributed by atoms with Crippen molar-refractivity contribution >= 4 is 11.6 Å². The number of rotatable bonds is 4. The molecule has 0 fully saturated rings. The fourth-order valence-corrected chi connectivity index (χ4v) is 2.71. The highest BCUT2D eigenvalue weighted by molar-refractivity contribution is 5.87. The van der Waals surface area contributed by atoms with E-state index >= 15 is 0 Å². The summed E-state index contributed by atoms with van der Waals surface area (Å²) in [6, 6.07) is 8.88. The van der Waals surface area contributed by atoms with Gasteiger partial charge in [-0.1, -0.05) is 19.1 Å². The monoisotopic (exact) mass is 320 g/mol. The second-order valence-electron chi connectivity index (χ2n) is 6.07. The normalized spacial score (nSPS) is 18.8. The van der Waals surface area contributed by atoms with E-state index in [1.165, 1.54) is 5.01 Å². The SMILES string of the molecule is C=CC(Cc1ccc(C#N)c(C#N)c1)N1N=C(C)CCC(C)C1=O. The molecule has 122 valence electrons. The smallest absolute Gasteiger partial charge is 0.246 e. The van der Waals surface area contributed by atoms with Gasteiger partial charge < -0.3 is 0 Å². The van der Waals surface area contributed by atoms with Crippen LogP contribution in [0.4, 0.5) is 0 Å². The van der Waals surface area contributed by atoms with E-state index in [0.29, 0.717) is 17.5 Å². The van der Waals surface area contributed by atoms with E-state index in [1.54, 1.807) is 24.3 Å². The van der Waals surface area contributed by atoms with Crippen LogP contribution in [0.1, 0.15) is 43.4 Å². The zero-order valence-corrected chi connectivity index (χ0v) is 14.0. The third kappa shape index (κ3) is 3.70. The molecule has 5 nitrogen and oxygen atoms in total. The number of hydrogen-bond donors (Lipinski definition) is 0. The van der Waals surface area contributed by atoms with E-state index in [-0.39, 0.29) is 17.9 Å². The van der Waals surface area contributed by atoms with Crippen LogP contribution in [0.15, 0.2) is 36.0 Å². The van der Waals surface area contributed by atoms with Crippen molar-refractivity contribution < 1.29 is 4.79 Å². The van der Waals surface area contributed by atoms with E-state index in [4.69, 9.17) is 10.5 Å². The highest BCUT2D eigenvalue weighted by Gasteiger charge is 2.28. The van der Waals surface area contributed by atoms with Crippen LogP contribution in [0, 0.1) is 28.6 Å². The van der Waals surface area contributed by atoms with Gasteiger partial charge >= 0.3 is 0 Å². The summed E-state index contributed by atoms with van der Waals surface area (Å²) >= 11 is 0. The Morgan fingerprint density at radius 2 is 2.12 bits per heavy atom. The largest absolute Gasteiger partial charge is 0.273 e. The van der Waals surface area contributed by atoms with E-state index in [1.807, 2.05) is 26.0 Å². The standard InChI is InChI=1S/C19H20N4O/c1-4-18(23-19(24)13(2)5-6-14(3)22-23)10-15-7-8-16(11-20)17(9-15)12-21/h4,7-9,13,18H,1,5-6,10H2,2-3H3. The predicted octanol–water partition coefficient (Wildman–Crippen LogP) is 3.16. The zero-order chi connectivity index (χ0) is 17.7. The van der Waals surface area contributed by atoms with Crippen LogP contribution in [-0.4, -0.2) is 22.7 Å². The minimum Gasteiger partial charge on any atom is -0.273 e. The number of carbonyl (C=O) groups is 1. The molecule has 0 aliphatic carbocycles. The van der Waals surface area contributed by atoms with Crippen LogP contribution >= 0.6 is 0 Å². The molecule has 1 aromatic rings. The van der Waals surface area contributed by atoms with E-state index in [9.17, 15) is 4.79 Å². The Hall–Kier alpha value is -2.92. The van der Waals surface area contributed by atoms with Crippen molar-refractivity contribution in [2.75, 3.05) is 0 Å². The molecule has 1 heterocycles. The zero-order valence-electron chi connectivity index (χ0n) is 14.0. The summed E-state index contributed by atoms with van der Waals surface area (Å²) in [5, 5.41) is 24.1. The summed E-state index contributed by atoms with van der Waals surface area (Å²) in [6.45, 7) is 7.68. The maximum absolute atomic E-state index is 12.6. The van der Waals surface area contributed by atoms with Gasteiger partial charge in [0.1, 0.15) is 12.1 Å². The topological polar surface area (TPSA) is 80.2 Å². The van der Waals surface area contributed by atoms with Crippen molar-refractivity contribution in [3.05, 3.63) is 47.5 Å². The molecule has 1 aliphatic rings. The summed E-state index contributed by atoms with van der Waals surface area (Å²) < 4.78 is 0. The van der Waals surface area contributed by atoms with Crippen molar-refractivity contribution in [1.29, 1.82) is 10.5 Å². The van der Waals surface area contributed by atoms with Crippen LogP contribution in [0.5, 0.6) is 0 Å². The van der Waals surface area contributed by atoms with Crippen LogP contribution in [0.3, 0.4) is 0 Å². The molecule has 1 amide bonds. The van der Waals surface area contributed by atoms with Gasteiger partial charge in [0.05, 0.1) is 17.2 Å². The highest BCUT2D eigenvalue weighted by atomic mass is 16.2. The van der Waals surface area contributed by atoms with Gasteiger partial charge in [0.2, 0.25) is 5.91 Å². The molecule has 0 bridgehead atoms. The molecule has 2 unspecified atom stereocenters. The minimum atomic E-state index is -0.285. The molecule has 1 aliphatic heterocycles. The van der Waals surface area contributed by atoms with Crippen LogP contribution in [0.25, 0.3) is 0 Å². The van der Waals surface area contributed by atoms with E-state index in [2.05, 4.69) is 11.7 Å². The predicted molar refractivity (Wildman–Crippen MR) is 91.9 cm³/mol. The van der Waals surface area contributed by atoms with Crippen molar-refractivity contribution in [3.8, 4) is 12.1 Å². The number of hydrazone groups is 1. The molecule has 0 spiro atoms. The Kier molecular flexibility index (Phi) is 5.50. The summed E-state index contributed by atoms with van der Waals surface area (Å²) in [5.74, 6) is -0.0878. The average Bonchev–Trinajstić information content (AvgIpc) is 2.73. The second kappa shape index (κ2) is 7.57. The molecule has 0 saturated heterocycles. The quantitative estimate of drug-likeness (QED) is 0.799. The lowest BCUT2D eigenvalue weighted by molar-refractivity contribution is -0.136. The van der Waals surface area contributed by atoms with Gasteiger partial charge in [-0.05, 0) is 43.9 Å². The fraction of sp³-hybridized carbons (Fsp3) is 0.368. The van der Waals surface area contributed by atoms with E-state index < -0.39 is 0 Å². The molecular formula is C19H20N4O. The summed E-state index contributed by atoms with van der Waals surface area (Å²) in [4.78, 5) is 12.6. The fourth-order valence-electron chi connectivity index (χ4n) is 2.71. The number of hydrogen-bond acceptors (Lipinski definition) is 4. The third-order valence-corrected chi connectivity index (χ3v) is 4.22. The van der Waals surface area contributed by atoms with Gasteiger partial charge in [0, 0.05) is 11.6 Å². The van der Waals surface area contributed by atoms with Crippen molar-refractivity contribution in [1.82, 2.24) is 5.01 Å². The Balaban J connectivity index is 2.31. The first kappa shape index (κ1) is 17.4. The maximum Gasteiger partial charge on any atom is 0.246 e. The van der Waals surface area contributed by atoms with E-state index in [0.717, 1.165) is 24.1 Å². The molecular weight excluding hydrogens is 300 g/mol. The van der Waals surface area contributed by atoms with Gasteiger partial charge in [-0.25, -0.2) is 5.01 Å². The number of nitriles is 2. The Morgan fingerprint density at radius 3 is 2.75 bits per heavy atom. The average molecular weight is 320 g/mol. The minimum absolute atomic E-state index is 0.00842. The number of nitrogens with zero attached hydrogens (tertiary/aromatic N) is 4. The van der Waals surface area contributed by atoms with Crippen LogP contribution in [-0.2, 0) is 11.2 Å². The molecule has 2 atom stereocenters. The van der Waals surface area contributed by atoms with Crippen LogP contribution in [0.2, 0.25) is 0 Å². The first-order valence-corrected chi connectivity index (χ1v) is 7.93. The Labute approximate surface area is 142 Å². The first-order chi connectivity index (χ1) is 11.5. The van der Waals surface area contributed by atoms with Crippen molar-refractivity contribution in [2.45, 2.75) is 39.2 Å². The van der Waals surface area contributed by atoms with Gasteiger partial charge in [0.15, 0.2) is 0 Å². The molecule has 5 heteroatoms. The molecule has 2 rings (SSSR count). The van der Waals surface area contributed by atoms with Gasteiger partial charge in [-0.2, -0.15) is 15.6 Å². The van der Waals surface area contributed by atoms with Gasteiger partial charge in [-0.15, -0.1) is 6.58 Å². The first-order valence-electron chi connectivity index (χ1n) is 7.93. The van der Waals surface area contributed by atoms with Crippen LogP contribution < -0.4 is 0 Å². The lowest BCUT2D eigenvalue weighted by atomic mass is 9.99. The molecule has 0 saturated carbocycles. The van der Waals surface area contributed by atoms with Gasteiger partial charge in [0.25, 0.3) is 0 Å². The maximum atomic E-state index is 12.6. The lowest BCUT2D eigenvalue weighted by Gasteiger charge is -2.26. The number of benzene rings is 1. The lowest BCUT2D eigenvalue weighted by Crippen LogP contribution is -2.38. The molecule has 1 aromatic carbocycles. The summed E-state index contributed by atoms with van der Waals surface area (Å²) in [5.41, 5.74) is 2.49. The number of carbonyl (C=O) groups excluding carboxylic acids is 1.